The molecule has 3 rings (SSSR count). The lowest BCUT2D eigenvalue weighted by atomic mass is 9.95. The van der Waals surface area contributed by atoms with Crippen molar-refractivity contribution >= 4 is 34.8 Å². The molecule has 0 aromatic heterocycles. The highest BCUT2D eigenvalue weighted by Crippen LogP contribution is 2.26. The van der Waals surface area contributed by atoms with Gasteiger partial charge in [-0.25, -0.2) is 0 Å². The van der Waals surface area contributed by atoms with Crippen molar-refractivity contribution in [3.05, 3.63) is 63.6 Å². The highest BCUT2D eigenvalue weighted by Gasteiger charge is 2.25. The molecule has 0 spiro atoms. The Morgan fingerprint density at radius 1 is 1.12 bits per heavy atom. The zero-order valence-corrected chi connectivity index (χ0v) is 16.5. The van der Waals surface area contributed by atoms with Crippen molar-refractivity contribution in [2.24, 2.45) is 5.92 Å². The zero-order valence-electron chi connectivity index (χ0n) is 15.0. The number of hydrogen-bond donors (Lipinski definition) is 1. The standard InChI is InChI=1S/C21H24Cl2N2O/c1-2-15-5-3-4-6-20(15)24-21(26)16-9-11-25(12-10-16)14-17-7-8-18(22)13-19(17)23/h3-8,13,16H,2,9-12,14H2,1H3,(H,24,26). The van der Waals surface area contributed by atoms with Gasteiger partial charge in [-0.1, -0.05) is 54.4 Å². The number of likely N-dealkylation sites (tertiary alicyclic amines) is 1. The van der Waals surface area contributed by atoms with E-state index in [9.17, 15) is 4.79 Å². The molecule has 0 bridgehead atoms. The van der Waals surface area contributed by atoms with E-state index in [2.05, 4.69) is 23.2 Å². The number of carbonyl (C=O) groups excluding carboxylic acids is 1. The van der Waals surface area contributed by atoms with Crippen LogP contribution in [0.3, 0.4) is 0 Å². The summed E-state index contributed by atoms with van der Waals surface area (Å²) in [5.41, 5.74) is 3.20. The number of amides is 1. The van der Waals surface area contributed by atoms with Crippen LogP contribution in [-0.2, 0) is 17.8 Å². The maximum absolute atomic E-state index is 12.6. The van der Waals surface area contributed by atoms with Crippen LogP contribution >= 0.6 is 23.2 Å². The fourth-order valence-corrected chi connectivity index (χ4v) is 3.90. The van der Waals surface area contributed by atoms with E-state index in [1.54, 1.807) is 6.07 Å². The van der Waals surface area contributed by atoms with E-state index in [0.717, 1.165) is 50.1 Å². The highest BCUT2D eigenvalue weighted by molar-refractivity contribution is 6.35. The molecule has 26 heavy (non-hydrogen) atoms. The van der Waals surface area contributed by atoms with E-state index < -0.39 is 0 Å². The van der Waals surface area contributed by atoms with E-state index in [1.165, 1.54) is 5.56 Å². The normalized spacial score (nSPS) is 15.8. The predicted molar refractivity (Wildman–Crippen MR) is 109 cm³/mol. The molecule has 0 unspecified atom stereocenters. The number of para-hydroxylation sites is 1. The SMILES string of the molecule is CCc1ccccc1NC(=O)C1CCN(Cc2ccc(Cl)cc2Cl)CC1. The minimum absolute atomic E-state index is 0.0665. The van der Waals surface area contributed by atoms with Crippen molar-refractivity contribution in [3.8, 4) is 0 Å². The van der Waals surface area contributed by atoms with Crippen LogP contribution in [0.25, 0.3) is 0 Å². The number of rotatable bonds is 5. The summed E-state index contributed by atoms with van der Waals surface area (Å²) in [6, 6.07) is 13.6. The Morgan fingerprint density at radius 3 is 2.54 bits per heavy atom. The number of nitrogens with zero attached hydrogens (tertiary/aromatic N) is 1. The Morgan fingerprint density at radius 2 is 1.85 bits per heavy atom. The molecule has 1 N–H and O–H groups in total. The third-order valence-corrected chi connectivity index (χ3v) is 5.61. The van der Waals surface area contributed by atoms with Crippen LogP contribution in [0, 0.1) is 5.92 Å². The molecule has 0 saturated carbocycles. The molecular weight excluding hydrogens is 367 g/mol. The smallest absolute Gasteiger partial charge is 0.227 e. The Bertz CT molecular complexity index is 770. The number of piperidine rings is 1. The van der Waals surface area contributed by atoms with Crippen LogP contribution in [0.5, 0.6) is 0 Å². The maximum Gasteiger partial charge on any atom is 0.227 e. The number of hydrogen-bond acceptors (Lipinski definition) is 2. The first kappa shape index (κ1) is 19.2. The van der Waals surface area contributed by atoms with Gasteiger partial charge >= 0.3 is 0 Å². The molecule has 1 saturated heterocycles. The Balaban J connectivity index is 1.54. The summed E-state index contributed by atoms with van der Waals surface area (Å²) in [6.07, 6.45) is 2.65. The van der Waals surface area contributed by atoms with Crippen LogP contribution in [-0.4, -0.2) is 23.9 Å². The lowest BCUT2D eigenvalue weighted by Gasteiger charge is -2.31. The van der Waals surface area contributed by atoms with Gasteiger partial charge in [0.25, 0.3) is 0 Å². The number of carbonyl (C=O) groups is 1. The Kier molecular flexibility index (Phi) is 6.58. The second-order valence-electron chi connectivity index (χ2n) is 6.79. The minimum Gasteiger partial charge on any atom is -0.326 e. The van der Waals surface area contributed by atoms with Gasteiger partial charge < -0.3 is 5.32 Å². The van der Waals surface area contributed by atoms with Gasteiger partial charge in [-0.05, 0) is 61.7 Å². The zero-order chi connectivity index (χ0) is 18.5. The molecule has 3 nitrogen and oxygen atoms in total. The summed E-state index contributed by atoms with van der Waals surface area (Å²) in [5, 5.41) is 4.47. The van der Waals surface area contributed by atoms with Crippen LogP contribution in [0.15, 0.2) is 42.5 Å². The number of halogens is 2. The molecule has 2 aromatic rings. The number of nitrogens with one attached hydrogen (secondary N) is 1. The average Bonchev–Trinajstić information content (AvgIpc) is 2.65. The Labute approximate surface area is 165 Å². The van der Waals surface area contributed by atoms with Crippen LogP contribution in [0.4, 0.5) is 5.69 Å². The monoisotopic (exact) mass is 390 g/mol. The number of aryl methyl sites for hydroxylation is 1. The molecule has 2 aromatic carbocycles. The quantitative estimate of drug-likeness (QED) is 0.740. The second kappa shape index (κ2) is 8.90. The van der Waals surface area contributed by atoms with Gasteiger partial charge in [0.15, 0.2) is 0 Å². The molecule has 1 aliphatic heterocycles. The van der Waals surface area contributed by atoms with Crippen molar-refractivity contribution in [1.82, 2.24) is 4.90 Å². The lowest BCUT2D eigenvalue weighted by molar-refractivity contribution is -0.121. The number of anilines is 1. The van der Waals surface area contributed by atoms with Crippen molar-refractivity contribution < 1.29 is 4.79 Å². The molecule has 1 heterocycles. The second-order valence-corrected chi connectivity index (χ2v) is 7.63. The van der Waals surface area contributed by atoms with Gasteiger partial charge in [0.05, 0.1) is 0 Å². The summed E-state index contributed by atoms with van der Waals surface area (Å²) in [4.78, 5) is 15.0. The number of benzene rings is 2. The minimum atomic E-state index is 0.0665. The van der Waals surface area contributed by atoms with Gasteiger partial charge in [0, 0.05) is 28.2 Å². The van der Waals surface area contributed by atoms with Crippen molar-refractivity contribution in [2.45, 2.75) is 32.7 Å². The fourth-order valence-electron chi connectivity index (χ4n) is 3.43. The van der Waals surface area contributed by atoms with Crippen LogP contribution < -0.4 is 5.32 Å². The summed E-state index contributed by atoms with van der Waals surface area (Å²) in [7, 11) is 0. The molecule has 1 fully saturated rings. The molecule has 1 aliphatic rings. The van der Waals surface area contributed by atoms with E-state index in [0.29, 0.717) is 10.0 Å². The van der Waals surface area contributed by atoms with Crippen molar-refractivity contribution in [1.29, 1.82) is 0 Å². The lowest BCUT2D eigenvalue weighted by Crippen LogP contribution is -2.37. The van der Waals surface area contributed by atoms with Gasteiger partial charge in [-0.15, -0.1) is 0 Å². The largest absolute Gasteiger partial charge is 0.326 e. The van der Waals surface area contributed by atoms with Crippen molar-refractivity contribution in [2.75, 3.05) is 18.4 Å². The summed E-state index contributed by atoms with van der Waals surface area (Å²) >= 11 is 12.2. The third kappa shape index (κ3) is 4.79. The molecule has 0 radical (unpaired) electrons. The first-order valence-electron chi connectivity index (χ1n) is 9.12. The van der Waals surface area contributed by atoms with Gasteiger partial charge in [-0.2, -0.15) is 0 Å². The van der Waals surface area contributed by atoms with Crippen LogP contribution in [0.2, 0.25) is 10.0 Å². The van der Waals surface area contributed by atoms with E-state index in [-0.39, 0.29) is 11.8 Å². The molecule has 0 aliphatic carbocycles. The molecule has 0 atom stereocenters. The Hall–Kier alpha value is -1.55. The first-order chi connectivity index (χ1) is 12.6. The van der Waals surface area contributed by atoms with Crippen molar-refractivity contribution in [3.63, 3.8) is 0 Å². The van der Waals surface area contributed by atoms with E-state index in [4.69, 9.17) is 23.2 Å². The molecular formula is C21H24Cl2N2O. The molecule has 138 valence electrons. The molecule has 1 amide bonds. The maximum atomic E-state index is 12.6. The summed E-state index contributed by atoms with van der Waals surface area (Å²) < 4.78 is 0. The predicted octanol–water partition coefficient (Wildman–Crippen LogP) is 5.41. The fraction of sp³-hybridized carbons (Fsp3) is 0.381. The first-order valence-corrected chi connectivity index (χ1v) is 9.87. The van der Waals surface area contributed by atoms with E-state index in [1.807, 2.05) is 30.3 Å². The van der Waals surface area contributed by atoms with Crippen LogP contribution in [0.1, 0.15) is 30.9 Å². The summed E-state index contributed by atoms with van der Waals surface area (Å²) in [5.74, 6) is 0.201. The highest BCUT2D eigenvalue weighted by atomic mass is 35.5. The van der Waals surface area contributed by atoms with Gasteiger partial charge in [0.1, 0.15) is 0 Å². The van der Waals surface area contributed by atoms with Gasteiger partial charge in [-0.3, -0.25) is 9.69 Å². The van der Waals surface area contributed by atoms with Gasteiger partial charge in [0.2, 0.25) is 5.91 Å². The summed E-state index contributed by atoms with van der Waals surface area (Å²) in [6.45, 7) is 4.69. The molecule has 5 heteroatoms. The van der Waals surface area contributed by atoms with E-state index >= 15 is 0 Å². The third-order valence-electron chi connectivity index (χ3n) is 5.02. The average molecular weight is 391 g/mol. The topological polar surface area (TPSA) is 32.3 Å².